The van der Waals surface area contributed by atoms with Crippen LogP contribution in [-0.4, -0.2) is 71.7 Å². The molecule has 0 saturated carbocycles. The predicted molar refractivity (Wildman–Crippen MR) is 114 cm³/mol. The molecule has 1 fully saturated rings. The van der Waals surface area contributed by atoms with Gasteiger partial charge in [0.15, 0.2) is 6.61 Å². The molecule has 2 aromatic rings. The van der Waals surface area contributed by atoms with E-state index >= 15 is 0 Å². The number of anilines is 1. The summed E-state index contributed by atoms with van der Waals surface area (Å²) in [7, 11) is -0.817. The molecule has 1 heterocycles. The summed E-state index contributed by atoms with van der Waals surface area (Å²) < 4.78 is 47.2. The van der Waals surface area contributed by atoms with Crippen molar-refractivity contribution in [2.75, 3.05) is 52.4 Å². The zero-order valence-corrected chi connectivity index (χ0v) is 18.5. The molecule has 1 N–H and O–H groups in total. The minimum absolute atomic E-state index is 0.0722. The van der Waals surface area contributed by atoms with Crippen LogP contribution in [0.1, 0.15) is 10.4 Å². The number of hydrogen-bond acceptors (Lipinski definition) is 8. The van der Waals surface area contributed by atoms with Crippen LogP contribution < -0.4 is 14.8 Å². The van der Waals surface area contributed by atoms with Crippen LogP contribution in [0.2, 0.25) is 0 Å². The fourth-order valence-corrected chi connectivity index (χ4v) is 4.51. The van der Waals surface area contributed by atoms with Crippen molar-refractivity contribution < 1.29 is 37.0 Å². The molecule has 1 saturated heterocycles. The number of rotatable bonds is 8. The van der Waals surface area contributed by atoms with Gasteiger partial charge < -0.3 is 24.3 Å². The van der Waals surface area contributed by atoms with E-state index in [9.17, 15) is 18.0 Å². The molecule has 1 aliphatic rings. The lowest BCUT2D eigenvalue weighted by molar-refractivity contribution is -0.119. The lowest BCUT2D eigenvalue weighted by atomic mass is 10.2. The Kier molecular flexibility index (Phi) is 7.67. The summed E-state index contributed by atoms with van der Waals surface area (Å²) in [5, 5.41) is 2.56. The average Bonchev–Trinajstić information content (AvgIpc) is 2.82. The normalized spacial score (nSPS) is 14.4. The van der Waals surface area contributed by atoms with Crippen LogP contribution in [0.3, 0.4) is 0 Å². The maximum absolute atomic E-state index is 12.6. The van der Waals surface area contributed by atoms with Crippen molar-refractivity contribution in [2.24, 2.45) is 0 Å². The second kappa shape index (κ2) is 10.4. The van der Waals surface area contributed by atoms with E-state index in [0.29, 0.717) is 32.0 Å². The molecule has 32 heavy (non-hydrogen) atoms. The third-order valence-electron chi connectivity index (χ3n) is 4.71. The smallest absolute Gasteiger partial charge is 0.346 e. The summed E-state index contributed by atoms with van der Waals surface area (Å²) in [6, 6.07) is 10.6. The molecule has 0 bridgehead atoms. The van der Waals surface area contributed by atoms with E-state index in [1.165, 1.54) is 42.8 Å². The first-order valence-corrected chi connectivity index (χ1v) is 11.2. The summed E-state index contributed by atoms with van der Waals surface area (Å²) in [5.74, 6) is -0.851. The summed E-state index contributed by atoms with van der Waals surface area (Å²) in [6.45, 7) is 0.750. The number of amides is 1. The third kappa shape index (κ3) is 5.36. The van der Waals surface area contributed by atoms with Crippen molar-refractivity contribution in [1.29, 1.82) is 0 Å². The molecular formula is C21H24N2O8S. The number of hydrogen-bond donors (Lipinski definition) is 1. The predicted octanol–water partition coefficient (Wildman–Crippen LogP) is 1.52. The molecule has 0 atom stereocenters. The van der Waals surface area contributed by atoms with Crippen molar-refractivity contribution in [2.45, 2.75) is 4.90 Å². The topological polar surface area (TPSA) is 120 Å². The van der Waals surface area contributed by atoms with Gasteiger partial charge in [-0.1, -0.05) is 6.07 Å². The van der Waals surface area contributed by atoms with E-state index in [1.807, 2.05) is 0 Å². The highest BCUT2D eigenvalue weighted by Gasteiger charge is 2.26. The summed E-state index contributed by atoms with van der Waals surface area (Å²) in [6.07, 6.45) is 0. The summed E-state index contributed by atoms with van der Waals surface area (Å²) in [4.78, 5) is 24.7. The first-order valence-electron chi connectivity index (χ1n) is 9.72. The number of nitrogens with one attached hydrogen (secondary N) is 1. The highest BCUT2D eigenvalue weighted by Crippen LogP contribution is 2.29. The van der Waals surface area contributed by atoms with Gasteiger partial charge in [-0.05, 0) is 36.4 Å². The van der Waals surface area contributed by atoms with Crippen molar-refractivity contribution in [3.8, 4) is 11.5 Å². The Morgan fingerprint density at radius 1 is 1.00 bits per heavy atom. The number of ether oxygens (including phenoxy) is 4. The SMILES string of the molecule is COc1cccc(OC)c1C(=O)OCC(=O)Nc1ccc(S(=O)(=O)N2CCOCC2)cc1. The molecule has 2 aromatic carbocycles. The number of carbonyl (C=O) groups excluding carboxylic acids is 2. The molecule has 0 aromatic heterocycles. The standard InChI is InChI=1S/C21H24N2O8S/c1-28-17-4-3-5-18(29-2)20(17)21(25)31-14-19(24)22-15-6-8-16(9-7-15)32(26,27)23-10-12-30-13-11-23/h3-9H,10-14H2,1-2H3,(H,22,24). The fourth-order valence-electron chi connectivity index (χ4n) is 3.10. The third-order valence-corrected chi connectivity index (χ3v) is 6.63. The Labute approximate surface area is 186 Å². The van der Waals surface area contributed by atoms with Gasteiger partial charge in [0.1, 0.15) is 17.1 Å². The van der Waals surface area contributed by atoms with Gasteiger partial charge in [-0.15, -0.1) is 0 Å². The molecule has 172 valence electrons. The highest BCUT2D eigenvalue weighted by atomic mass is 32.2. The minimum atomic E-state index is -3.63. The zero-order chi connectivity index (χ0) is 23.1. The average molecular weight is 464 g/mol. The highest BCUT2D eigenvalue weighted by molar-refractivity contribution is 7.89. The van der Waals surface area contributed by atoms with E-state index in [0.717, 1.165) is 0 Å². The summed E-state index contributed by atoms with van der Waals surface area (Å²) in [5.41, 5.74) is 0.435. The van der Waals surface area contributed by atoms with Crippen molar-refractivity contribution in [3.05, 3.63) is 48.0 Å². The molecule has 0 aliphatic carbocycles. The van der Waals surface area contributed by atoms with E-state index < -0.39 is 28.5 Å². The van der Waals surface area contributed by atoms with Gasteiger partial charge in [-0.3, -0.25) is 4.79 Å². The number of esters is 1. The lowest BCUT2D eigenvalue weighted by Gasteiger charge is -2.26. The number of sulfonamides is 1. The van der Waals surface area contributed by atoms with Crippen molar-refractivity contribution >= 4 is 27.6 Å². The Morgan fingerprint density at radius 2 is 1.59 bits per heavy atom. The molecular weight excluding hydrogens is 440 g/mol. The van der Waals surface area contributed by atoms with Gasteiger partial charge in [-0.25, -0.2) is 13.2 Å². The van der Waals surface area contributed by atoms with Gasteiger partial charge in [0.05, 0.1) is 32.3 Å². The molecule has 0 radical (unpaired) electrons. The second-order valence-electron chi connectivity index (χ2n) is 6.70. The number of benzene rings is 2. The first-order chi connectivity index (χ1) is 15.4. The second-order valence-corrected chi connectivity index (χ2v) is 8.64. The van der Waals surface area contributed by atoms with E-state index in [4.69, 9.17) is 18.9 Å². The van der Waals surface area contributed by atoms with E-state index in [1.54, 1.807) is 18.2 Å². The van der Waals surface area contributed by atoms with Gasteiger partial charge in [0, 0.05) is 18.8 Å². The molecule has 3 rings (SSSR count). The van der Waals surface area contributed by atoms with Crippen LogP contribution in [0.25, 0.3) is 0 Å². The van der Waals surface area contributed by atoms with Crippen molar-refractivity contribution in [3.63, 3.8) is 0 Å². The molecule has 11 heteroatoms. The Bertz CT molecular complexity index is 1040. The van der Waals surface area contributed by atoms with Crippen LogP contribution in [-0.2, 0) is 24.3 Å². The van der Waals surface area contributed by atoms with E-state index in [-0.39, 0.29) is 22.0 Å². The molecule has 0 spiro atoms. The number of methoxy groups -OCH3 is 2. The van der Waals surface area contributed by atoms with E-state index in [2.05, 4.69) is 5.32 Å². The van der Waals surface area contributed by atoms with Crippen LogP contribution in [0.15, 0.2) is 47.4 Å². The summed E-state index contributed by atoms with van der Waals surface area (Å²) >= 11 is 0. The maximum Gasteiger partial charge on any atom is 0.346 e. The van der Waals surface area contributed by atoms with Crippen LogP contribution in [0.4, 0.5) is 5.69 Å². The van der Waals surface area contributed by atoms with Gasteiger partial charge in [0.2, 0.25) is 10.0 Å². The minimum Gasteiger partial charge on any atom is -0.496 e. The quantitative estimate of drug-likeness (QED) is 0.584. The molecule has 0 unspecified atom stereocenters. The molecule has 1 aliphatic heterocycles. The van der Waals surface area contributed by atoms with Crippen LogP contribution >= 0.6 is 0 Å². The zero-order valence-electron chi connectivity index (χ0n) is 17.7. The van der Waals surface area contributed by atoms with Crippen LogP contribution in [0, 0.1) is 0 Å². The van der Waals surface area contributed by atoms with Gasteiger partial charge >= 0.3 is 5.97 Å². The molecule has 10 nitrogen and oxygen atoms in total. The Balaban J connectivity index is 1.59. The fraction of sp³-hybridized carbons (Fsp3) is 0.333. The maximum atomic E-state index is 12.6. The first kappa shape index (κ1) is 23.5. The van der Waals surface area contributed by atoms with Gasteiger partial charge in [-0.2, -0.15) is 4.31 Å². The van der Waals surface area contributed by atoms with Crippen LogP contribution in [0.5, 0.6) is 11.5 Å². The Morgan fingerprint density at radius 3 is 2.16 bits per heavy atom. The molecule has 1 amide bonds. The number of morpholine rings is 1. The Hall–Kier alpha value is -3.15. The largest absolute Gasteiger partial charge is 0.496 e. The number of carbonyl (C=O) groups is 2. The monoisotopic (exact) mass is 464 g/mol. The van der Waals surface area contributed by atoms with Crippen molar-refractivity contribution in [1.82, 2.24) is 4.31 Å². The number of nitrogens with zero attached hydrogens (tertiary/aromatic N) is 1. The lowest BCUT2D eigenvalue weighted by Crippen LogP contribution is -2.40. The van der Waals surface area contributed by atoms with Gasteiger partial charge in [0.25, 0.3) is 5.91 Å².